The zero-order valence-corrected chi connectivity index (χ0v) is 15.4. The van der Waals surface area contributed by atoms with Gasteiger partial charge < -0.3 is 10.1 Å². The molecule has 3 amide bonds. The molecule has 0 aromatic heterocycles. The molecule has 1 fully saturated rings. The van der Waals surface area contributed by atoms with Crippen LogP contribution < -0.4 is 10.1 Å². The van der Waals surface area contributed by atoms with Crippen molar-refractivity contribution in [1.82, 2.24) is 10.2 Å². The number of hydrogen-bond acceptors (Lipinski definition) is 3. The maximum absolute atomic E-state index is 12.6. The Morgan fingerprint density at radius 1 is 0.962 bits per heavy atom. The number of nitrogens with zero attached hydrogens (tertiary/aromatic N) is 1. The lowest BCUT2D eigenvalue weighted by molar-refractivity contribution is -0.127. The van der Waals surface area contributed by atoms with Crippen LogP contribution in [0.15, 0.2) is 54.6 Å². The zero-order chi connectivity index (χ0) is 18.7. The van der Waals surface area contributed by atoms with Gasteiger partial charge in [0.15, 0.2) is 0 Å². The lowest BCUT2D eigenvalue weighted by Gasteiger charge is -2.21. The van der Waals surface area contributed by atoms with Crippen LogP contribution in [-0.4, -0.2) is 28.5 Å². The second kappa shape index (κ2) is 7.20. The van der Waals surface area contributed by atoms with Crippen LogP contribution in [0.5, 0.6) is 5.75 Å². The number of ether oxygens (including phenoxy) is 1. The molecule has 1 aliphatic heterocycles. The molecule has 0 aliphatic carbocycles. The Morgan fingerprint density at radius 3 is 2.23 bits per heavy atom. The van der Waals surface area contributed by atoms with Gasteiger partial charge in [0.05, 0.1) is 6.54 Å². The highest BCUT2D eigenvalue weighted by Gasteiger charge is 2.37. The summed E-state index contributed by atoms with van der Waals surface area (Å²) < 4.78 is 5.80. The number of hydrogen-bond donors (Lipinski definition) is 1. The summed E-state index contributed by atoms with van der Waals surface area (Å²) in [6, 6.07) is 16.3. The van der Waals surface area contributed by atoms with Crippen LogP contribution in [-0.2, 0) is 17.8 Å². The third kappa shape index (κ3) is 4.42. The Bertz CT molecular complexity index is 779. The zero-order valence-electron chi connectivity index (χ0n) is 15.4. The van der Waals surface area contributed by atoms with Gasteiger partial charge in [-0.3, -0.25) is 9.69 Å². The fourth-order valence-electron chi connectivity index (χ4n) is 2.91. The van der Waals surface area contributed by atoms with Gasteiger partial charge in [-0.2, -0.15) is 0 Å². The molecule has 0 spiro atoms. The van der Waals surface area contributed by atoms with E-state index >= 15 is 0 Å². The summed E-state index contributed by atoms with van der Waals surface area (Å²) in [6.07, 6.45) is 0.464. The first-order valence-electron chi connectivity index (χ1n) is 8.75. The van der Waals surface area contributed by atoms with E-state index in [2.05, 4.69) is 5.32 Å². The van der Waals surface area contributed by atoms with Crippen LogP contribution in [0.1, 0.15) is 31.9 Å². The van der Waals surface area contributed by atoms with Crippen molar-refractivity contribution in [3.63, 3.8) is 0 Å². The molecule has 26 heavy (non-hydrogen) atoms. The lowest BCUT2D eigenvalue weighted by Crippen LogP contribution is -2.32. The molecule has 3 rings (SSSR count). The number of carbonyl (C=O) groups is 2. The molecule has 1 saturated heterocycles. The van der Waals surface area contributed by atoms with E-state index in [9.17, 15) is 9.59 Å². The minimum atomic E-state index is -0.527. The maximum Gasteiger partial charge on any atom is 0.325 e. The highest BCUT2D eigenvalue weighted by Crippen LogP contribution is 2.20. The molecule has 2 aromatic rings. The highest BCUT2D eigenvalue weighted by atomic mass is 16.5. The Hall–Kier alpha value is -2.82. The number of imide groups is 1. The third-order valence-electron chi connectivity index (χ3n) is 4.08. The van der Waals surface area contributed by atoms with Crippen LogP contribution >= 0.6 is 0 Å². The predicted octanol–water partition coefficient (Wildman–Crippen LogP) is 3.53. The SMILES string of the molecule is CC(C)(C)Oc1ccc(CC2NC(=O)N(Cc3ccccc3)C2=O)cc1. The Kier molecular flexibility index (Phi) is 4.98. The van der Waals surface area contributed by atoms with Crippen molar-refractivity contribution in [2.45, 2.75) is 45.4 Å². The van der Waals surface area contributed by atoms with Gasteiger partial charge in [0.25, 0.3) is 5.91 Å². The number of carbonyl (C=O) groups excluding carboxylic acids is 2. The van der Waals surface area contributed by atoms with Crippen LogP contribution in [0.4, 0.5) is 4.79 Å². The molecule has 2 aromatic carbocycles. The van der Waals surface area contributed by atoms with E-state index in [1.165, 1.54) is 4.90 Å². The van der Waals surface area contributed by atoms with Crippen molar-refractivity contribution in [3.05, 3.63) is 65.7 Å². The quantitative estimate of drug-likeness (QED) is 0.838. The number of nitrogens with one attached hydrogen (secondary N) is 1. The normalized spacial score (nSPS) is 17.3. The van der Waals surface area contributed by atoms with Crippen molar-refractivity contribution in [1.29, 1.82) is 0 Å². The Balaban J connectivity index is 1.63. The molecule has 1 unspecified atom stereocenters. The summed E-state index contributed by atoms with van der Waals surface area (Å²) >= 11 is 0. The summed E-state index contributed by atoms with van der Waals surface area (Å²) in [5.41, 5.74) is 1.65. The number of urea groups is 1. The molecule has 0 bridgehead atoms. The highest BCUT2D eigenvalue weighted by molar-refractivity contribution is 6.04. The van der Waals surface area contributed by atoms with E-state index in [-0.39, 0.29) is 17.5 Å². The van der Waals surface area contributed by atoms with Gasteiger partial charge in [-0.05, 0) is 44.0 Å². The van der Waals surface area contributed by atoms with Gasteiger partial charge >= 0.3 is 6.03 Å². The predicted molar refractivity (Wildman–Crippen MR) is 99.8 cm³/mol. The molecule has 5 heteroatoms. The van der Waals surface area contributed by atoms with Crippen LogP contribution in [0.2, 0.25) is 0 Å². The van der Waals surface area contributed by atoms with Crippen LogP contribution in [0.3, 0.4) is 0 Å². The fourth-order valence-corrected chi connectivity index (χ4v) is 2.91. The minimum Gasteiger partial charge on any atom is -0.488 e. The molecular formula is C21H24N2O3. The van der Waals surface area contributed by atoms with Crippen molar-refractivity contribution >= 4 is 11.9 Å². The second-order valence-corrected chi connectivity index (χ2v) is 7.47. The van der Waals surface area contributed by atoms with Gasteiger partial charge in [0.2, 0.25) is 0 Å². The Morgan fingerprint density at radius 2 is 1.62 bits per heavy atom. The largest absolute Gasteiger partial charge is 0.488 e. The number of amides is 3. The lowest BCUT2D eigenvalue weighted by atomic mass is 10.1. The summed E-state index contributed by atoms with van der Waals surface area (Å²) in [6.45, 7) is 6.28. The molecule has 1 heterocycles. The first kappa shape index (κ1) is 18.0. The molecule has 1 aliphatic rings. The summed E-state index contributed by atoms with van der Waals surface area (Å²) in [5.74, 6) is 0.600. The van der Waals surface area contributed by atoms with Crippen molar-refractivity contribution in [2.24, 2.45) is 0 Å². The molecule has 5 nitrogen and oxygen atoms in total. The van der Waals surface area contributed by atoms with Gasteiger partial charge in [-0.15, -0.1) is 0 Å². The van der Waals surface area contributed by atoms with E-state index in [4.69, 9.17) is 4.74 Å². The number of benzene rings is 2. The Labute approximate surface area is 154 Å². The van der Waals surface area contributed by atoms with E-state index < -0.39 is 6.04 Å². The summed E-state index contributed by atoms with van der Waals surface area (Å²) in [5, 5.41) is 2.78. The molecule has 136 valence electrons. The van der Waals surface area contributed by atoms with E-state index in [1.54, 1.807) is 0 Å². The maximum atomic E-state index is 12.6. The third-order valence-corrected chi connectivity index (χ3v) is 4.08. The van der Waals surface area contributed by atoms with Gasteiger partial charge in [0.1, 0.15) is 17.4 Å². The molecule has 1 N–H and O–H groups in total. The molecule has 0 saturated carbocycles. The van der Waals surface area contributed by atoms with Crippen molar-refractivity contribution < 1.29 is 14.3 Å². The van der Waals surface area contributed by atoms with E-state index in [0.29, 0.717) is 13.0 Å². The second-order valence-electron chi connectivity index (χ2n) is 7.47. The van der Waals surface area contributed by atoms with Crippen LogP contribution in [0.25, 0.3) is 0 Å². The molecule has 0 radical (unpaired) electrons. The van der Waals surface area contributed by atoms with Gasteiger partial charge in [-0.1, -0.05) is 42.5 Å². The van der Waals surface area contributed by atoms with E-state index in [0.717, 1.165) is 16.9 Å². The first-order chi connectivity index (χ1) is 12.3. The standard InChI is InChI=1S/C21H24N2O3/c1-21(2,3)26-17-11-9-15(10-12-17)13-18-19(24)23(20(25)22-18)14-16-7-5-4-6-8-16/h4-12,18H,13-14H2,1-3H3,(H,22,25). The number of rotatable bonds is 5. The first-order valence-corrected chi connectivity index (χ1v) is 8.75. The van der Waals surface area contributed by atoms with Gasteiger partial charge in [0, 0.05) is 6.42 Å². The van der Waals surface area contributed by atoms with E-state index in [1.807, 2.05) is 75.4 Å². The smallest absolute Gasteiger partial charge is 0.325 e. The topological polar surface area (TPSA) is 58.6 Å². The summed E-state index contributed by atoms with van der Waals surface area (Å²) in [4.78, 5) is 26.0. The fraction of sp³-hybridized carbons (Fsp3) is 0.333. The van der Waals surface area contributed by atoms with Crippen molar-refractivity contribution in [2.75, 3.05) is 0 Å². The van der Waals surface area contributed by atoms with Crippen LogP contribution in [0, 0.1) is 0 Å². The average Bonchev–Trinajstić information content (AvgIpc) is 2.84. The monoisotopic (exact) mass is 352 g/mol. The molecule has 1 atom stereocenters. The van der Waals surface area contributed by atoms with Gasteiger partial charge in [-0.25, -0.2) is 4.79 Å². The van der Waals surface area contributed by atoms with Crippen molar-refractivity contribution in [3.8, 4) is 5.75 Å². The molecular weight excluding hydrogens is 328 g/mol. The minimum absolute atomic E-state index is 0.186. The summed E-state index contributed by atoms with van der Waals surface area (Å²) in [7, 11) is 0. The average molecular weight is 352 g/mol.